The van der Waals surface area contributed by atoms with Gasteiger partial charge in [0.25, 0.3) is 5.56 Å². The maximum absolute atomic E-state index is 12.9. The molecule has 1 unspecified atom stereocenters. The monoisotopic (exact) mass is 415 g/mol. The zero-order chi connectivity index (χ0) is 20.9. The lowest BCUT2D eigenvalue weighted by Crippen LogP contribution is -2.48. The third-order valence-electron chi connectivity index (χ3n) is 3.85. The third kappa shape index (κ3) is 5.16. The Kier molecular flexibility index (Phi) is 6.94. The van der Waals surface area contributed by atoms with Crippen molar-refractivity contribution < 1.29 is 18.8 Å². The van der Waals surface area contributed by atoms with Gasteiger partial charge >= 0.3 is 5.97 Å². The van der Waals surface area contributed by atoms with Gasteiger partial charge in [0.1, 0.15) is 11.9 Å². The first-order valence-electron chi connectivity index (χ1n) is 8.65. The van der Waals surface area contributed by atoms with Crippen molar-refractivity contribution in [2.24, 2.45) is 0 Å². The first-order chi connectivity index (χ1) is 13.1. The largest absolute Gasteiger partial charge is 0.465 e. The van der Waals surface area contributed by atoms with Gasteiger partial charge in [0, 0.05) is 6.54 Å². The summed E-state index contributed by atoms with van der Waals surface area (Å²) in [6.45, 7) is 5.58. The highest BCUT2D eigenvalue weighted by Gasteiger charge is 2.36. The predicted octanol–water partition coefficient (Wildman–Crippen LogP) is 0.0197. The summed E-state index contributed by atoms with van der Waals surface area (Å²) < 4.78 is 25.0. The van der Waals surface area contributed by atoms with Gasteiger partial charge in [-0.15, -0.1) is 0 Å². The van der Waals surface area contributed by atoms with E-state index in [1.807, 2.05) is 0 Å². The number of nitrogen functional groups attached to an aromatic ring is 1. The predicted molar refractivity (Wildman–Crippen MR) is 104 cm³/mol. The summed E-state index contributed by atoms with van der Waals surface area (Å²) in [6.07, 6.45) is 1.30. The zero-order valence-electron chi connectivity index (χ0n) is 16.3. The van der Waals surface area contributed by atoms with E-state index >= 15 is 0 Å². The van der Waals surface area contributed by atoms with Gasteiger partial charge in [-0.25, -0.2) is 10.1 Å². The van der Waals surface area contributed by atoms with Crippen LogP contribution in [0, 0.1) is 0 Å². The summed E-state index contributed by atoms with van der Waals surface area (Å²) in [5, 5.41) is 5.48. The summed E-state index contributed by atoms with van der Waals surface area (Å²) in [6, 6.07) is 0. The summed E-state index contributed by atoms with van der Waals surface area (Å²) in [5.74, 6) is -0.519. The molecule has 0 aliphatic carbocycles. The molecule has 13 heteroatoms. The van der Waals surface area contributed by atoms with Crippen LogP contribution in [0.4, 0.5) is 5.95 Å². The van der Waals surface area contributed by atoms with E-state index in [1.54, 1.807) is 25.3 Å². The number of nitrogens with zero attached hydrogens (tertiary/aromatic N) is 3. The number of hydrogen-bond donors (Lipinski definition) is 4. The summed E-state index contributed by atoms with van der Waals surface area (Å²) >= 11 is 0. The highest BCUT2D eigenvalue weighted by Crippen LogP contribution is 2.38. The summed E-state index contributed by atoms with van der Waals surface area (Å²) in [5.41, 5.74) is 4.49. The Balaban J connectivity index is 1.97. The van der Waals surface area contributed by atoms with E-state index in [4.69, 9.17) is 15.2 Å². The number of nitrogens with two attached hydrogens (primary N) is 1. The van der Waals surface area contributed by atoms with Gasteiger partial charge in [-0.05, 0) is 27.8 Å². The molecule has 0 spiro atoms. The van der Waals surface area contributed by atoms with E-state index in [2.05, 4.69) is 25.1 Å². The van der Waals surface area contributed by atoms with Crippen molar-refractivity contribution in [3.05, 3.63) is 16.7 Å². The zero-order valence-corrected chi connectivity index (χ0v) is 17.2. The quantitative estimate of drug-likeness (QED) is 0.236. The highest BCUT2D eigenvalue weighted by atomic mass is 31.2. The number of esters is 1. The molecule has 2 aromatic rings. The first-order valence-corrected chi connectivity index (χ1v) is 10.5. The normalized spacial score (nSPS) is 14.1. The molecule has 1 atom stereocenters. The maximum Gasteiger partial charge on any atom is 0.326 e. The van der Waals surface area contributed by atoms with Crippen molar-refractivity contribution in [3.63, 3.8) is 0 Å². The van der Waals surface area contributed by atoms with Crippen LogP contribution in [0.1, 0.15) is 20.8 Å². The summed E-state index contributed by atoms with van der Waals surface area (Å²) in [4.78, 5) is 34.2. The first kappa shape index (κ1) is 22.0. The van der Waals surface area contributed by atoms with Crippen LogP contribution in [0.5, 0.6) is 0 Å². The Morgan fingerprint density at radius 3 is 2.82 bits per heavy atom. The number of imidazole rings is 1. The molecule has 0 aromatic carbocycles. The van der Waals surface area contributed by atoms with Crippen LogP contribution < -0.4 is 21.5 Å². The van der Waals surface area contributed by atoms with Crippen molar-refractivity contribution >= 4 is 30.5 Å². The molecule has 2 rings (SSSR count). The number of carbonyl (C=O) groups is 1. The van der Waals surface area contributed by atoms with Crippen LogP contribution in [0.25, 0.3) is 11.2 Å². The molecule has 0 amide bonds. The Labute approximate surface area is 161 Å². The van der Waals surface area contributed by atoms with Gasteiger partial charge in [0.15, 0.2) is 11.2 Å². The van der Waals surface area contributed by atoms with Gasteiger partial charge in [0.2, 0.25) is 13.4 Å². The number of fused-ring (bicyclic) bond motifs is 1. The Bertz CT molecular complexity index is 938. The van der Waals surface area contributed by atoms with Crippen LogP contribution in [0.2, 0.25) is 0 Å². The lowest BCUT2D eigenvalue weighted by Gasteiger charge is -2.29. The van der Waals surface area contributed by atoms with Crippen molar-refractivity contribution in [2.75, 3.05) is 32.3 Å². The van der Waals surface area contributed by atoms with Gasteiger partial charge in [0.05, 0.1) is 19.5 Å². The fourth-order valence-corrected chi connectivity index (χ4v) is 4.14. The molecule has 0 bridgehead atoms. The van der Waals surface area contributed by atoms with Gasteiger partial charge in [-0.1, -0.05) is 0 Å². The number of nitrogens with one attached hydrogen (secondary N) is 3. The van der Waals surface area contributed by atoms with Crippen LogP contribution >= 0.6 is 7.44 Å². The van der Waals surface area contributed by atoms with Crippen molar-refractivity contribution in [3.8, 4) is 0 Å². The maximum atomic E-state index is 12.9. The lowest BCUT2D eigenvalue weighted by atomic mass is 10.1. The molecule has 2 aromatic heterocycles. The molecule has 0 radical (unpaired) electrons. The van der Waals surface area contributed by atoms with Crippen molar-refractivity contribution in [1.29, 1.82) is 0 Å². The molecule has 5 N–H and O–H groups in total. The van der Waals surface area contributed by atoms with Crippen molar-refractivity contribution in [1.82, 2.24) is 29.7 Å². The number of anilines is 1. The smallest absolute Gasteiger partial charge is 0.326 e. The second kappa shape index (κ2) is 8.82. The van der Waals surface area contributed by atoms with Crippen LogP contribution in [-0.4, -0.2) is 57.6 Å². The minimum atomic E-state index is -3.21. The fraction of sp³-hybridized carbons (Fsp3) is 0.600. The number of aromatic nitrogens is 4. The minimum absolute atomic E-state index is 0.00903. The second-order valence-corrected chi connectivity index (χ2v) is 8.93. The van der Waals surface area contributed by atoms with Gasteiger partial charge in [-0.2, -0.15) is 4.98 Å². The Morgan fingerprint density at radius 2 is 2.18 bits per heavy atom. The number of hydrogen-bond acceptors (Lipinski definition) is 8. The number of H-pyrrole nitrogens is 1. The molecule has 12 nitrogen and oxygen atoms in total. The number of aromatic amines is 1. The standard InChI is InChI=1S/C15H26N7O5P/c1-5-27-13(24)15(2,3)21-28(25,17-4)9-26-7-6-22-8-18-10-11(22)19-14(16)20-12(10)23/h8H,5-7,9H2,1-4H3,(H2,17,21,25)(H3,16,19,20,23). The average molecular weight is 415 g/mol. The fourth-order valence-electron chi connectivity index (χ4n) is 2.45. The lowest BCUT2D eigenvalue weighted by molar-refractivity contribution is -0.148. The molecule has 28 heavy (non-hydrogen) atoms. The van der Waals surface area contributed by atoms with Gasteiger partial charge in [-0.3, -0.25) is 24.2 Å². The third-order valence-corrected chi connectivity index (χ3v) is 6.04. The molecule has 2 heterocycles. The molecular formula is C15H26N7O5P. The molecular weight excluding hydrogens is 389 g/mol. The van der Waals surface area contributed by atoms with Crippen LogP contribution in [0.15, 0.2) is 11.1 Å². The molecule has 0 saturated heterocycles. The molecule has 0 fully saturated rings. The van der Waals surface area contributed by atoms with E-state index in [9.17, 15) is 14.2 Å². The number of rotatable bonds is 10. The van der Waals surface area contributed by atoms with Gasteiger partial charge < -0.3 is 19.8 Å². The van der Waals surface area contributed by atoms with E-state index in [1.165, 1.54) is 13.4 Å². The second-order valence-electron chi connectivity index (χ2n) is 6.52. The Morgan fingerprint density at radius 1 is 1.46 bits per heavy atom. The SMILES string of the molecule is CCOC(=O)C(C)(C)NP(=O)(COCCn1cnc2c(=O)[nH]c(N)nc21)NC. The average Bonchev–Trinajstić information content (AvgIpc) is 3.02. The highest BCUT2D eigenvalue weighted by molar-refractivity contribution is 7.59. The number of carbonyl (C=O) groups excluding carboxylic acids is 1. The van der Waals surface area contributed by atoms with E-state index < -0.39 is 24.5 Å². The van der Waals surface area contributed by atoms with Crippen molar-refractivity contribution in [2.45, 2.75) is 32.9 Å². The minimum Gasteiger partial charge on any atom is -0.465 e. The molecule has 0 aliphatic rings. The van der Waals surface area contributed by atoms with E-state index in [0.717, 1.165) is 0 Å². The topological polar surface area (TPSA) is 166 Å². The summed E-state index contributed by atoms with van der Waals surface area (Å²) in [7, 11) is -1.69. The van der Waals surface area contributed by atoms with E-state index in [0.29, 0.717) is 12.2 Å². The Hall–Kier alpha value is -2.27. The van der Waals surface area contributed by atoms with E-state index in [-0.39, 0.29) is 31.0 Å². The van der Waals surface area contributed by atoms with Crippen LogP contribution in [0.3, 0.4) is 0 Å². The van der Waals surface area contributed by atoms with Crippen LogP contribution in [-0.2, 0) is 25.4 Å². The number of ether oxygens (including phenoxy) is 2. The molecule has 0 aliphatic heterocycles. The molecule has 0 saturated carbocycles. The molecule has 156 valence electrons.